The van der Waals surface area contributed by atoms with Crippen molar-refractivity contribution in [3.63, 3.8) is 0 Å². The van der Waals surface area contributed by atoms with E-state index in [0.29, 0.717) is 23.3 Å². The Morgan fingerprint density at radius 2 is 2.33 bits per heavy atom. The van der Waals surface area contributed by atoms with Crippen LogP contribution in [0.25, 0.3) is 22.4 Å². The summed E-state index contributed by atoms with van der Waals surface area (Å²) < 4.78 is 21.3. The van der Waals surface area contributed by atoms with E-state index in [4.69, 9.17) is 16.0 Å². The molecule has 2 aromatic heterocycles. The van der Waals surface area contributed by atoms with Crippen LogP contribution in [0.3, 0.4) is 0 Å². The number of fused-ring (bicyclic) bond motifs is 1. The van der Waals surface area contributed by atoms with Crippen molar-refractivity contribution in [2.75, 3.05) is 5.32 Å². The van der Waals surface area contributed by atoms with Crippen molar-refractivity contribution in [2.45, 2.75) is 11.4 Å². The number of rotatable bonds is 3. The number of H-pyrrole nitrogens is 1. The standard InChI is InChI=1S/C16H11BrClFN4O/c17-9-1-3-16(18,4-2-9)23-14-10(12-6-20-8-24-12)5-11-15(13(14)19)22-7-21-11/h1-3,5-8,23H,4H2,(H,21,22). The Balaban J connectivity index is 1.86. The van der Waals surface area contributed by atoms with Crippen LogP contribution in [-0.2, 0) is 0 Å². The first-order valence-electron chi connectivity index (χ1n) is 7.12. The van der Waals surface area contributed by atoms with Gasteiger partial charge in [-0.05, 0) is 18.2 Å². The highest BCUT2D eigenvalue weighted by molar-refractivity contribution is 9.11. The number of hydrogen-bond donors (Lipinski definition) is 2. The Bertz CT molecular complexity index is 966. The molecule has 0 bridgehead atoms. The lowest BCUT2D eigenvalue weighted by atomic mass is 10.0. The lowest BCUT2D eigenvalue weighted by molar-refractivity contribution is 0.570. The first-order valence-corrected chi connectivity index (χ1v) is 8.29. The summed E-state index contributed by atoms with van der Waals surface area (Å²) in [6.45, 7) is 0. The minimum Gasteiger partial charge on any atom is -0.443 e. The Labute approximate surface area is 149 Å². The molecule has 122 valence electrons. The first-order chi connectivity index (χ1) is 11.6. The monoisotopic (exact) mass is 408 g/mol. The summed E-state index contributed by atoms with van der Waals surface area (Å²) in [7, 11) is 0. The van der Waals surface area contributed by atoms with E-state index >= 15 is 4.39 Å². The van der Waals surface area contributed by atoms with Gasteiger partial charge in [0.1, 0.15) is 10.5 Å². The van der Waals surface area contributed by atoms with E-state index < -0.39 is 10.8 Å². The zero-order chi connectivity index (χ0) is 16.7. The van der Waals surface area contributed by atoms with Gasteiger partial charge in [0.25, 0.3) is 0 Å². The summed E-state index contributed by atoms with van der Waals surface area (Å²) in [5, 5.41) is 3.08. The van der Waals surface area contributed by atoms with E-state index in [1.165, 1.54) is 18.9 Å². The summed E-state index contributed by atoms with van der Waals surface area (Å²) in [6.07, 6.45) is 10.3. The zero-order valence-electron chi connectivity index (χ0n) is 12.2. The molecule has 2 N–H and O–H groups in total. The molecule has 3 aromatic rings. The molecule has 0 saturated carbocycles. The molecule has 0 radical (unpaired) electrons. The van der Waals surface area contributed by atoms with Crippen molar-refractivity contribution in [3.05, 3.63) is 53.5 Å². The minimum atomic E-state index is -0.948. The van der Waals surface area contributed by atoms with E-state index in [0.717, 1.165) is 4.48 Å². The fourth-order valence-electron chi connectivity index (χ4n) is 2.60. The average Bonchev–Trinajstić information content (AvgIpc) is 3.24. The maximum Gasteiger partial charge on any atom is 0.181 e. The molecule has 1 aliphatic rings. The van der Waals surface area contributed by atoms with Crippen LogP contribution in [0.2, 0.25) is 0 Å². The molecule has 1 aliphatic carbocycles. The van der Waals surface area contributed by atoms with Gasteiger partial charge in [-0.1, -0.05) is 33.6 Å². The van der Waals surface area contributed by atoms with Crippen molar-refractivity contribution in [2.24, 2.45) is 0 Å². The maximum absolute atomic E-state index is 15.0. The van der Waals surface area contributed by atoms with Gasteiger partial charge < -0.3 is 14.7 Å². The highest BCUT2D eigenvalue weighted by atomic mass is 79.9. The molecule has 0 aliphatic heterocycles. The number of halogens is 3. The van der Waals surface area contributed by atoms with Crippen LogP contribution in [0.15, 0.2) is 52.1 Å². The molecular weight excluding hydrogens is 399 g/mol. The molecule has 0 amide bonds. The number of benzene rings is 1. The Hall–Kier alpha value is -2.12. The molecule has 8 heteroatoms. The number of imidazole rings is 1. The topological polar surface area (TPSA) is 66.7 Å². The van der Waals surface area contributed by atoms with Crippen LogP contribution in [0.4, 0.5) is 10.1 Å². The van der Waals surface area contributed by atoms with Gasteiger partial charge in [-0.2, -0.15) is 0 Å². The summed E-state index contributed by atoms with van der Waals surface area (Å²) in [5.74, 6) is -0.0631. The Morgan fingerprint density at radius 1 is 1.46 bits per heavy atom. The SMILES string of the molecule is Fc1c(NC2(Cl)C=CC(Br)=CC2)c(-c2cnco2)cc2[nH]cnc12. The highest BCUT2D eigenvalue weighted by Gasteiger charge is 2.29. The molecule has 1 aromatic carbocycles. The molecule has 0 fully saturated rings. The zero-order valence-corrected chi connectivity index (χ0v) is 14.5. The van der Waals surface area contributed by atoms with Crippen molar-refractivity contribution < 1.29 is 8.81 Å². The number of nitrogens with zero attached hydrogens (tertiary/aromatic N) is 2. The fourth-order valence-corrected chi connectivity index (χ4v) is 3.13. The van der Waals surface area contributed by atoms with Gasteiger partial charge >= 0.3 is 0 Å². The molecule has 2 heterocycles. The number of anilines is 1. The summed E-state index contributed by atoms with van der Waals surface area (Å²) in [5.41, 5.74) is 1.54. The van der Waals surface area contributed by atoms with Crippen molar-refractivity contribution in [1.82, 2.24) is 15.0 Å². The molecule has 24 heavy (non-hydrogen) atoms. The van der Waals surface area contributed by atoms with Gasteiger partial charge in [-0.3, -0.25) is 0 Å². The van der Waals surface area contributed by atoms with Gasteiger partial charge in [0.15, 0.2) is 18.0 Å². The molecule has 5 nitrogen and oxygen atoms in total. The number of hydrogen-bond acceptors (Lipinski definition) is 4. The fraction of sp³-hybridized carbons (Fsp3) is 0.125. The maximum atomic E-state index is 15.0. The van der Waals surface area contributed by atoms with E-state index in [1.807, 2.05) is 12.2 Å². The van der Waals surface area contributed by atoms with Gasteiger partial charge in [0, 0.05) is 16.5 Å². The second kappa shape index (κ2) is 5.75. The third-order valence-corrected chi connectivity index (χ3v) is 4.75. The number of aromatic amines is 1. The number of allylic oxidation sites excluding steroid dienone is 2. The molecule has 1 atom stereocenters. The lowest BCUT2D eigenvalue weighted by Crippen LogP contribution is -2.30. The van der Waals surface area contributed by atoms with E-state index in [9.17, 15) is 0 Å². The van der Waals surface area contributed by atoms with E-state index in [-0.39, 0.29) is 11.2 Å². The number of nitrogens with one attached hydrogen (secondary N) is 2. The number of aromatic nitrogens is 3. The average molecular weight is 410 g/mol. The van der Waals surface area contributed by atoms with E-state index in [1.54, 1.807) is 12.1 Å². The minimum absolute atomic E-state index is 0.220. The van der Waals surface area contributed by atoms with Crippen LogP contribution < -0.4 is 5.32 Å². The van der Waals surface area contributed by atoms with E-state index in [2.05, 4.69) is 36.2 Å². The first kappa shape index (κ1) is 15.4. The molecule has 1 unspecified atom stereocenters. The van der Waals surface area contributed by atoms with Crippen LogP contribution in [0, 0.1) is 5.82 Å². The van der Waals surface area contributed by atoms with Crippen molar-refractivity contribution in [1.29, 1.82) is 0 Å². The Kier molecular flexibility index (Phi) is 3.69. The normalized spacial score (nSPS) is 20.4. The predicted octanol–water partition coefficient (Wildman–Crippen LogP) is 4.94. The number of oxazole rings is 1. The van der Waals surface area contributed by atoms with Crippen molar-refractivity contribution >= 4 is 44.3 Å². The summed E-state index contributed by atoms with van der Waals surface area (Å²) >= 11 is 9.99. The van der Waals surface area contributed by atoms with Gasteiger partial charge in [-0.15, -0.1) is 0 Å². The largest absolute Gasteiger partial charge is 0.443 e. The molecule has 0 saturated heterocycles. The van der Waals surface area contributed by atoms with Gasteiger partial charge in [0.2, 0.25) is 0 Å². The van der Waals surface area contributed by atoms with Crippen molar-refractivity contribution in [3.8, 4) is 11.3 Å². The highest BCUT2D eigenvalue weighted by Crippen LogP contribution is 2.39. The third-order valence-electron chi connectivity index (χ3n) is 3.79. The molecular formula is C16H11BrClFN4O. The number of alkyl halides is 1. The van der Waals surface area contributed by atoms with Crippen LogP contribution in [0.1, 0.15) is 6.42 Å². The second-order valence-corrected chi connectivity index (χ2v) is 6.98. The summed E-state index contributed by atoms with van der Waals surface area (Å²) in [6, 6.07) is 1.76. The molecule has 0 spiro atoms. The van der Waals surface area contributed by atoms with Crippen LogP contribution >= 0.6 is 27.5 Å². The predicted molar refractivity (Wildman–Crippen MR) is 94.5 cm³/mol. The lowest BCUT2D eigenvalue weighted by Gasteiger charge is -2.28. The molecule has 4 rings (SSSR count). The van der Waals surface area contributed by atoms with Gasteiger partial charge in [0.05, 0.1) is 23.7 Å². The quantitative estimate of drug-likeness (QED) is 0.475. The smallest absolute Gasteiger partial charge is 0.181 e. The Morgan fingerprint density at radius 3 is 3.04 bits per heavy atom. The van der Waals surface area contributed by atoms with Crippen LogP contribution in [0.5, 0.6) is 0 Å². The van der Waals surface area contributed by atoms with Gasteiger partial charge in [-0.25, -0.2) is 14.4 Å². The second-order valence-electron chi connectivity index (χ2n) is 5.39. The third kappa shape index (κ3) is 2.63. The van der Waals surface area contributed by atoms with Crippen LogP contribution in [-0.4, -0.2) is 20.0 Å². The summed E-state index contributed by atoms with van der Waals surface area (Å²) in [4.78, 5) is 9.90.